The number of rotatable bonds is 5. The van der Waals surface area contributed by atoms with Crippen LogP contribution in [0.5, 0.6) is 0 Å². The molecule has 1 atom stereocenters. The van der Waals surface area contributed by atoms with Crippen molar-refractivity contribution in [2.75, 3.05) is 6.61 Å². The number of aliphatic carboxylic acids is 1. The Bertz CT molecular complexity index is 1090. The van der Waals surface area contributed by atoms with Crippen molar-refractivity contribution in [3.8, 4) is 11.1 Å². The summed E-state index contributed by atoms with van der Waals surface area (Å²) in [5.74, 6) is -3.61. The van der Waals surface area contributed by atoms with Gasteiger partial charge in [0.2, 0.25) is 0 Å². The van der Waals surface area contributed by atoms with E-state index in [4.69, 9.17) is 4.74 Å². The van der Waals surface area contributed by atoms with Crippen LogP contribution in [0.25, 0.3) is 11.1 Å². The van der Waals surface area contributed by atoms with Crippen LogP contribution in [0.15, 0.2) is 66.7 Å². The van der Waals surface area contributed by atoms with Crippen molar-refractivity contribution in [1.29, 1.82) is 0 Å². The molecule has 0 heterocycles. The smallest absolute Gasteiger partial charge is 0.408 e. The van der Waals surface area contributed by atoms with Crippen LogP contribution >= 0.6 is 0 Å². The van der Waals surface area contributed by atoms with Gasteiger partial charge >= 0.3 is 12.1 Å². The van der Waals surface area contributed by atoms with Crippen LogP contribution in [-0.4, -0.2) is 23.8 Å². The van der Waals surface area contributed by atoms with Crippen LogP contribution in [0, 0.1) is 11.6 Å². The molecule has 2 N–H and O–H groups in total. The Morgan fingerprint density at radius 1 is 0.967 bits per heavy atom. The van der Waals surface area contributed by atoms with Crippen LogP contribution in [0.1, 0.15) is 28.7 Å². The number of carboxylic acid groups (broad SMARTS) is 1. The second kappa shape index (κ2) is 7.94. The minimum absolute atomic E-state index is 0.0158. The van der Waals surface area contributed by atoms with Crippen molar-refractivity contribution in [2.45, 2.75) is 12.0 Å². The van der Waals surface area contributed by atoms with Gasteiger partial charge in [0, 0.05) is 17.5 Å². The molecule has 1 aliphatic carbocycles. The number of fused-ring (bicyclic) bond motifs is 3. The van der Waals surface area contributed by atoms with Gasteiger partial charge in [-0.25, -0.2) is 18.4 Å². The topological polar surface area (TPSA) is 75.6 Å². The van der Waals surface area contributed by atoms with E-state index in [-0.39, 0.29) is 18.1 Å². The molecule has 5 nitrogen and oxygen atoms in total. The number of amides is 1. The SMILES string of the molecule is O=C(N[C@@H](C(=O)O)c1ccc(F)cc1F)OCC1c2ccccc2-c2ccccc21. The Morgan fingerprint density at radius 2 is 1.57 bits per heavy atom. The fourth-order valence-corrected chi connectivity index (χ4v) is 3.77. The summed E-state index contributed by atoms with van der Waals surface area (Å²) in [7, 11) is 0. The number of halogens is 2. The average Bonchev–Trinajstić information content (AvgIpc) is 3.05. The Hall–Kier alpha value is -3.74. The first kappa shape index (κ1) is 19.6. The maximum atomic E-state index is 14.0. The predicted molar refractivity (Wildman–Crippen MR) is 105 cm³/mol. The molecule has 0 spiro atoms. The van der Waals surface area contributed by atoms with Crippen LogP contribution < -0.4 is 5.32 Å². The molecule has 0 aliphatic heterocycles. The van der Waals surface area contributed by atoms with Gasteiger partial charge in [0.25, 0.3) is 0 Å². The molecule has 3 aromatic carbocycles. The standard InChI is InChI=1S/C23H17F2NO4/c24-13-9-10-18(20(25)11-13)21(22(27)28)26-23(29)30-12-19-16-7-3-1-5-14(16)15-6-2-4-8-17(15)19/h1-11,19,21H,12H2,(H,26,29)(H,27,28)/t21-/m1/s1. The predicted octanol–water partition coefficient (Wildman–Crippen LogP) is 4.63. The van der Waals surface area contributed by atoms with Crippen molar-refractivity contribution in [2.24, 2.45) is 0 Å². The van der Waals surface area contributed by atoms with Gasteiger partial charge < -0.3 is 15.2 Å². The maximum Gasteiger partial charge on any atom is 0.408 e. The number of hydrogen-bond donors (Lipinski definition) is 2. The molecule has 0 saturated carbocycles. The Balaban J connectivity index is 1.50. The van der Waals surface area contributed by atoms with Crippen molar-refractivity contribution in [3.63, 3.8) is 0 Å². The molecule has 0 bridgehead atoms. The Morgan fingerprint density at radius 3 is 2.13 bits per heavy atom. The first-order chi connectivity index (χ1) is 14.5. The number of benzene rings is 3. The highest BCUT2D eigenvalue weighted by molar-refractivity contribution is 5.82. The lowest BCUT2D eigenvalue weighted by Crippen LogP contribution is -2.35. The molecule has 0 fully saturated rings. The number of nitrogens with one attached hydrogen (secondary N) is 1. The van der Waals surface area contributed by atoms with Crippen molar-refractivity contribution in [3.05, 3.63) is 95.1 Å². The molecule has 152 valence electrons. The van der Waals surface area contributed by atoms with E-state index in [9.17, 15) is 23.5 Å². The number of carbonyl (C=O) groups is 2. The summed E-state index contributed by atoms with van der Waals surface area (Å²) in [4.78, 5) is 23.8. The molecule has 30 heavy (non-hydrogen) atoms. The molecule has 0 radical (unpaired) electrons. The summed E-state index contributed by atoms with van der Waals surface area (Å²) in [6.45, 7) is -0.0158. The first-order valence-electron chi connectivity index (χ1n) is 9.25. The minimum Gasteiger partial charge on any atom is -0.479 e. The van der Waals surface area contributed by atoms with Gasteiger partial charge in [0.1, 0.15) is 18.2 Å². The number of carboxylic acids is 1. The van der Waals surface area contributed by atoms with E-state index in [1.807, 2.05) is 48.5 Å². The molecular weight excluding hydrogens is 392 g/mol. The zero-order chi connectivity index (χ0) is 21.3. The fourth-order valence-electron chi connectivity index (χ4n) is 3.77. The summed E-state index contributed by atoms with van der Waals surface area (Å²) >= 11 is 0. The van der Waals surface area contributed by atoms with E-state index in [1.54, 1.807) is 0 Å². The lowest BCUT2D eigenvalue weighted by molar-refractivity contribution is -0.139. The first-order valence-corrected chi connectivity index (χ1v) is 9.25. The summed E-state index contributed by atoms with van der Waals surface area (Å²) in [5.41, 5.74) is 3.76. The Kier molecular flexibility index (Phi) is 5.18. The maximum absolute atomic E-state index is 14.0. The third-order valence-electron chi connectivity index (χ3n) is 5.13. The number of hydrogen-bond acceptors (Lipinski definition) is 3. The highest BCUT2D eigenvalue weighted by Gasteiger charge is 2.30. The second-order valence-electron chi connectivity index (χ2n) is 6.91. The normalized spacial score (nSPS) is 13.3. The second-order valence-corrected chi connectivity index (χ2v) is 6.91. The van der Waals surface area contributed by atoms with Gasteiger partial charge in [0.15, 0.2) is 6.04 Å². The largest absolute Gasteiger partial charge is 0.479 e. The molecule has 7 heteroatoms. The van der Waals surface area contributed by atoms with Gasteiger partial charge in [-0.05, 0) is 28.3 Å². The molecule has 1 amide bonds. The van der Waals surface area contributed by atoms with E-state index in [0.29, 0.717) is 6.07 Å². The minimum atomic E-state index is -1.71. The summed E-state index contributed by atoms with van der Waals surface area (Å²) in [6.07, 6.45) is -1.01. The molecule has 1 aliphatic rings. The summed E-state index contributed by atoms with van der Waals surface area (Å²) in [5, 5.41) is 11.5. The highest BCUT2D eigenvalue weighted by atomic mass is 19.1. The van der Waals surface area contributed by atoms with Crippen LogP contribution in [0.3, 0.4) is 0 Å². The summed E-state index contributed by atoms with van der Waals surface area (Å²) < 4.78 is 32.4. The van der Waals surface area contributed by atoms with E-state index < -0.39 is 29.7 Å². The van der Waals surface area contributed by atoms with Gasteiger partial charge in [-0.2, -0.15) is 0 Å². The van der Waals surface area contributed by atoms with E-state index in [2.05, 4.69) is 5.32 Å². The van der Waals surface area contributed by atoms with E-state index >= 15 is 0 Å². The average molecular weight is 409 g/mol. The van der Waals surface area contributed by atoms with Crippen LogP contribution in [0.2, 0.25) is 0 Å². The van der Waals surface area contributed by atoms with Gasteiger partial charge in [-0.15, -0.1) is 0 Å². The lowest BCUT2D eigenvalue weighted by Gasteiger charge is -2.18. The zero-order valence-electron chi connectivity index (χ0n) is 15.6. The van der Waals surface area contributed by atoms with Gasteiger partial charge in [0.05, 0.1) is 0 Å². The van der Waals surface area contributed by atoms with E-state index in [1.165, 1.54) is 0 Å². The third kappa shape index (κ3) is 3.61. The number of alkyl carbamates (subject to hydrolysis) is 1. The monoisotopic (exact) mass is 409 g/mol. The van der Waals surface area contributed by atoms with Gasteiger partial charge in [-0.3, -0.25) is 0 Å². The van der Waals surface area contributed by atoms with Crippen LogP contribution in [-0.2, 0) is 9.53 Å². The lowest BCUT2D eigenvalue weighted by atomic mass is 9.98. The highest BCUT2D eigenvalue weighted by Crippen LogP contribution is 2.44. The quantitative estimate of drug-likeness (QED) is 0.644. The number of ether oxygens (including phenoxy) is 1. The molecular formula is C23H17F2NO4. The fraction of sp³-hybridized carbons (Fsp3) is 0.130. The molecule has 3 aromatic rings. The van der Waals surface area contributed by atoms with Crippen molar-refractivity contribution >= 4 is 12.1 Å². The zero-order valence-corrected chi connectivity index (χ0v) is 15.6. The van der Waals surface area contributed by atoms with Crippen molar-refractivity contribution in [1.82, 2.24) is 5.32 Å². The van der Waals surface area contributed by atoms with Crippen molar-refractivity contribution < 1.29 is 28.2 Å². The molecule has 0 saturated heterocycles. The molecule has 0 aromatic heterocycles. The third-order valence-corrected chi connectivity index (χ3v) is 5.13. The Labute approximate surface area is 170 Å². The molecule has 0 unspecified atom stereocenters. The summed E-state index contributed by atoms with van der Waals surface area (Å²) in [6, 6.07) is 16.3. The molecule has 4 rings (SSSR count). The van der Waals surface area contributed by atoms with Gasteiger partial charge in [-0.1, -0.05) is 54.6 Å². The van der Waals surface area contributed by atoms with Crippen LogP contribution in [0.4, 0.5) is 13.6 Å². The number of carbonyl (C=O) groups excluding carboxylic acids is 1. The van der Waals surface area contributed by atoms with E-state index in [0.717, 1.165) is 34.4 Å².